The first-order valence-corrected chi connectivity index (χ1v) is 17.0. The van der Waals surface area contributed by atoms with Crippen LogP contribution in [0.25, 0.3) is 44.2 Å². The summed E-state index contributed by atoms with van der Waals surface area (Å²) in [5.74, 6) is 0.212. The normalized spacial score (nSPS) is 20.5. The van der Waals surface area contributed by atoms with Crippen LogP contribution in [-0.2, 0) is 5.41 Å². The third-order valence-electron chi connectivity index (χ3n) is 11.3. The van der Waals surface area contributed by atoms with Gasteiger partial charge in [-0.15, -0.1) is 0 Å². The Morgan fingerprint density at radius 1 is 0.583 bits per heavy atom. The Bertz CT molecular complexity index is 2530. The van der Waals surface area contributed by atoms with Gasteiger partial charge in [0, 0.05) is 33.5 Å². The van der Waals surface area contributed by atoms with E-state index in [0.717, 1.165) is 17.6 Å². The number of benzene rings is 5. The number of rotatable bonds is 2. The number of fused-ring (bicyclic) bond motifs is 15. The molecule has 11 rings (SSSR count). The molecule has 2 atom stereocenters. The molecule has 0 fully saturated rings. The van der Waals surface area contributed by atoms with E-state index < -0.39 is 0 Å². The molecule has 2 unspecified atom stereocenters. The average Bonchev–Trinajstić information content (AvgIpc) is 3.79. The summed E-state index contributed by atoms with van der Waals surface area (Å²) in [7, 11) is 0. The largest absolute Gasteiger partial charge is 0.455 e. The van der Waals surface area contributed by atoms with E-state index in [4.69, 9.17) is 4.42 Å². The first-order chi connectivity index (χ1) is 23.8. The Kier molecular flexibility index (Phi) is 5.24. The van der Waals surface area contributed by atoms with Gasteiger partial charge in [-0.3, -0.25) is 0 Å². The number of hydrogen-bond donors (Lipinski definition) is 1. The van der Waals surface area contributed by atoms with Gasteiger partial charge in [0.15, 0.2) is 0 Å². The van der Waals surface area contributed by atoms with Crippen LogP contribution in [0.3, 0.4) is 0 Å². The summed E-state index contributed by atoms with van der Waals surface area (Å²) in [6.45, 7) is 0. The molecule has 6 aromatic rings. The van der Waals surface area contributed by atoms with Gasteiger partial charge in [0.2, 0.25) is 0 Å². The molecular formula is C46H31NO. The smallest absolute Gasteiger partial charge is 0.143 e. The van der Waals surface area contributed by atoms with E-state index in [2.05, 4.69) is 163 Å². The topological polar surface area (TPSA) is 25.2 Å². The predicted molar refractivity (Wildman–Crippen MR) is 196 cm³/mol. The molecule has 2 nitrogen and oxygen atoms in total. The summed E-state index contributed by atoms with van der Waals surface area (Å²) in [5.41, 5.74) is 17.2. The highest BCUT2D eigenvalue weighted by Gasteiger charge is 2.52. The van der Waals surface area contributed by atoms with E-state index >= 15 is 0 Å². The highest BCUT2D eigenvalue weighted by molar-refractivity contribution is 6.13. The van der Waals surface area contributed by atoms with Crippen LogP contribution in [0.15, 0.2) is 179 Å². The SMILES string of the molecule is C1=CC2=CC=C(C3=CC=CC(c4cccc5c4oc4c6c(ccc45)C4(c5ccccc5-c5ccccc54)c4ccccc4-6)C3)NC2C=C1. The second-order valence-corrected chi connectivity index (χ2v) is 13.6. The number of nitrogens with one attached hydrogen (secondary N) is 1. The van der Waals surface area contributed by atoms with E-state index in [1.54, 1.807) is 0 Å². The minimum absolute atomic E-state index is 0.212. The van der Waals surface area contributed by atoms with Gasteiger partial charge >= 0.3 is 0 Å². The van der Waals surface area contributed by atoms with E-state index in [1.165, 1.54) is 77.7 Å². The Labute approximate surface area is 279 Å². The first kappa shape index (κ1) is 26.2. The van der Waals surface area contributed by atoms with Crippen molar-refractivity contribution in [1.82, 2.24) is 5.32 Å². The van der Waals surface area contributed by atoms with Crippen LogP contribution < -0.4 is 5.32 Å². The summed E-state index contributed by atoms with van der Waals surface area (Å²) in [5, 5.41) is 6.12. The fourth-order valence-electron chi connectivity index (χ4n) is 9.28. The number of hydrogen-bond acceptors (Lipinski definition) is 2. The molecule has 0 amide bonds. The summed E-state index contributed by atoms with van der Waals surface area (Å²) in [4.78, 5) is 0. The Morgan fingerprint density at radius 3 is 2.12 bits per heavy atom. The highest BCUT2D eigenvalue weighted by atomic mass is 16.3. The van der Waals surface area contributed by atoms with Crippen molar-refractivity contribution < 1.29 is 4.42 Å². The van der Waals surface area contributed by atoms with Gasteiger partial charge in [-0.1, -0.05) is 152 Å². The van der Waals surface area contributed by atoms with Crippen molar-refractivity contribution in [1.29, 1.82) is 0 Å². The first-order valence-electron chi connectivity index (χ1n) is 17.0. The number of para-hydroxylation sites is 1. The minimum Gasteiger partial charge on any atom is -0.455 e. The molecule has 0 radical (unpaired) electrons. The van der Waals surface area contributed by atoms with Crippen molar-refractivity contribution in [2.24, 2.45) is 0 Å². The zero-order chi connectivity index (χ0) is 31.4. The van der Waals surface area contributed by atoms with Crippen LogP contribution >= 0.6 is 0 Å². The Morgan fingerprint density at radius 2 is 1.31 bits per heavy atom. The van der Waals surface area contributed by atoms with Gasteiger partial charge in [-0.25, -0.2) is 0 Å². The standard InChI is InChI=1S/C46H31NO/c1-8-22-41-28(11-1)23-26-42(47-41)30-13-9-12-29(27-30)31-17-10-18-34-35-24-25-40-43(45(35)48-44(31)34)36-16-4-7-21-39(36)46(40)37-19-5-2-14-32(37)33-15-3-6-20-38(33)46/h1-26,29,41,47H,27H2. The lowest BCUT2D eigenvalue weighted by atomic mass is 9.70. The van der Waals surface area contributed by atoms with E-state index in [0.29, 0.717) is 0 Å². The molecule has 5 aromatic carbocycles. The van der Waals surface area contributed by atoms with Crippen LogP contribution in [0.4, 0.5) is 0 Å². The predicted octanol–water partition coefficient (Wildman–Crippen LogP) is 10.8. The van der Waals surface area contributed by atoms with Crippen molar-refractivity contribution >= 4 is 21.9 Å². The zero-order valence-corrected chi connectivity index (χ0v) is 26.3. The summed E-state index contributed by atoms with van der Waals surface area (Å²) >= 11 is 0. The number of furan rings is 1. The quantitative estimate of drug-likeness (QED) is 0.210. The van der Waals surface area contributed by atoms with Gasteiger partial charge in [0.25, 0.3) is 0 Å². The van der Waals surface area contributed by atoms with Crippen LogP contribution in [0.5, 0.6) is 0 Å². The summed E-state index contributed by atoms with van der Waals surface area (Å²) in [6, 6.07) is 38.6. The fraction of sp³-hybridized carbons (Fsp3) is 0.0870. The second-order valence-electron chi connectivity index (χ2n) is 13.6. The molecule has 1 spiro atoms. The summed E-state index contributed by atoms with van der Waals surface area (Å²) in [6.07, 6.45) is 20.9. The van der Waals surface area contributed by atoms with Crippen molar-refractivity contribution in [3.05, 3.63) is 202 Å². The van der Waals surface area contributed by atoms with Crippen molar-refractivity contribution in [2.45, 2.75) is 23.8 Å². The van der Waals surface area contributed by atoms with Gasteiger partial charge in [0.1, 0.15) is 11.2 Å². The van der Waals surface area contributed by atoms with Crippen LogP contribution in [0, 0.1) is 0 Å². The van der Waals surface area contributed by atoms with Crippen LogP contribution in [0.1, 0.15) is 40.2 Å². The van der Waals surface area contributed by atoms with E-state index in [9.17, 15) is 0 Å². The third kappa shape index (κ3) is 3.32. The van der Waals surface area contributed by atoms with Gasteiger partial charge < -0.3 is 9.73 Å². The minimum atomic E-state index is -0.376. The number of allylic oxidation sites excluding steroid dienone is 8. The molecule has 2 heteroatoms. The van der Waals surface area contributed by atoms with Gasteiger partial charge in [-0.05, 0) is 62.6 Å². The monoisotopic (exact) mass is 613 g/mol. The summed E-state index contributed by atoms with van der Waals surface area (Å²) < 4.78 is 7.16. The fourth-order valence-corrected chi connectivity index (χ4v) is 9.28. The number of dihydropyridines is 1. The molecule has 226 valence electrons. The molecule has 0 saturated carbocycles. The Hall–Kier alpha value is -5.86. The maximum Gasteiger partial charge on any atom is 0.143 e. The maximum absolute atomic E-state index is 7.16. The highest BCUT2D eigenvalue weighted by Crippen LogP contribution is 2.64. The van der Waals surface area contributed by atoms with Crippen LogP contribution in [-0.4, -0.2) is 6.04 Å². The van der Waals surface area contributed by atoms with E-state index in [-0.39, 0.29) is 17.4 Å². The molecule has 5 aliphatic rings. The molecular weight excluding hydrogens is 583 g/mol. The van der Waals surface area contributed by atoms with Crippen molar-refractivity contribution in [3.63, 3.8) is 0 Å². The Balaban J connectivity index is 1.09. The maximum atomic E-state index is 7.16. The molecule has 1 aromatic heterocycles. The van der Waals surface area contributed by atoms with Crippen molar-refractivity contribution in [2.75, 3.05) is 0 Å². The van der Waals surface area contributed by atoms with E-state index in [1.807, 2.05) is 0 Å². The van der Waals surface area contributed by atoms with Gasteiger partial charge in [0.05, 0.1) is 11.5 Å². The molecule has 1 N–H and O–H groups in total. The molecule has 1 aliphatic heterocycles. The van der Waals surface area contributed by atoms with Crippen molar-refractivity contribution in [3.8, 4) is 22.3 Å². The molecule has 0 saturated heterocycles. The second kappa shape index (κ2) is 9.59. The lowest BCUT2D eigenvalue weighted by Gasteiger charge is -2.30. The van der Waals surface area contributed by atoms with Crippen LogP contribution in [0.2, 0.25) is 0 Å². The zero-order valence-electron chi connectivity index (χ0n) is 26.3. The van der Waals surface area contributed by atoms with Gasteiger partial charge in [-0.2, -0.15) is 0 Å². The lowest BCUT2D eigenvalue weighted by molar-refractivity contribution is 0.654. The molecule has 4 aliphatic carbocycles. The molecule has 0 bridgehead atoms. The molecule has 48 heavy (non-hydrogen) atoms. The average molecular weight is 614 g/mol. The third-order valence-corrected chi connectivity index (χ3v) is 11.3. The molecule has 2 heterocycles. The lowest BCUT2D eigenvalue weighted by Crippen LogP contribution is -2.32.